The van der Waals surface area contributed by atoms with Gasteiger partial charge in [0.05, 0.1) is 12.5 Å². The second-order valence-electron chi connectivity index (χ2n) is 5.64. The third-order valence-corrected chi connectivity index (χ3v) is 3.82. The molecule has 0 aliphatic rings. The third-order valence-electron chi connectivity index (χ3n) is 3.29. The van der Waals surface area contributed by atoms with Crippen LogP contribution in [0.2, 0.25) is 0 Å². The van der Waals surface area contributed by atoms with Crippen molar-refractivity contribution in [1.82, 2.24) is 10.6 Å². The SMILES string of the molecule is CC(=O)NC(CC(=O)N[C@H](C(=O)O)C(C)C)c1ccc(Br)cc1. The van der Waals surface area contributed by atoms with Gasteiger partial charge in [-0.15, -0.1) is 0 Å². The van der Waals surface area contributed by atoms with Crippen LogP contribution in [0.3, 0.4) is 0 Å². The van der Waals surface area contributed by atoms with Gasteiger partial charge in [0.2, 0.25) is 11.8 Å². The molecule has 0 aliphatic carbocycles. The smallest absolute Gasteiger partial charge is 0.326 e. The minimum atomic E-state index is -1.08. The molecular formula is C16H21BrN2O4. The molecule has 0 bridgehead atoms. The number of hydrogen-bond donors (Lipinski definition) is 3. The molecule has 3 N–H and O–H groups in total. The van der Waals surface area contributed by atoms with Crippen LogP contribution in [0.5, 0.6) is 0 Å². The van der Waals surface area contributed by atoms with Gasteiger partial charge >= 0.3 is 5.97 Å². The molecule has 1 unspecified atom stereocenters. The van der Waals surface area contributed by atoms with Crippen LogP contribution in [0, 0.1) is 5.92 Å². The molecule has 2 atom stereocenters. The molecule has 6 nitrogen and oxygen atoms in total. The molecule has 0 heterocycles. The standard InChI is InChI=1S/C16H21BrN2O4/c1-9(2)15(16(22)23)19-14(21)8-13(18-10(3)20)11-4-6-12(17)7-5-11/h4-7,9,13,15H,8H2,1-3H3,(H,18,20)(H,19,21)(H,22,23)/t13?,15-/m0/s1. The van der Waals surface area contributed by atoms with E-state index in [1.807, 2.05) is 12.1 Å². The van der Waals surface area contributed by atoms with E-state index in [-0.39, 0.29) is 18.2 Å². The zero-order valence-corrected chi connectivity index (χ0v) is 14.9. The highest BCUT2D eigenvalue weighted by molar-refractivity contribution is 9.10. The summed E-state index contributed by atoms with van der Waals surface area (Å²) in [7, 11) is 0. The van der Waals surface area contributed by atoms with Gasteiger partial charge in [0.25, 0.3) is 0 Å². The van der Waals surface area contributed by atoms with E-state index in [0.717, 1.165) is 10.0 Å². The second kappa shape index (κ2) is 8.67. The maximum Gasteiger partial charge on any atom is 0.326 e. The van der Waals surface area contributed by atoms with Crippen molar-refractivity contribution in [3.8, 4) is 0 Å². The fourth-order valence-electron chi connectivity index (χ4n) is 2.12. The van der Waals surface area contributed by atoms with Crippen molar-refractivity contribution in [1.29, 1.82) is 0 Å². The maximum atomic E-state index is 12.2. The summed E-state index contributed by atoms with van der Waals surface area (Å²) >= 11 is 3.33. The van der Waals surface area contributed by atoms with Crippen molar-refractivity contribution < 1.29 is 19.5 Å². The highest BCUT2D eigenvalue weighted by Gasteiger charge is 2.25. The Hall–Kier alpha value is -1.89. The van der Waals surface area contributed by atoms with E-state index in [4.69, 9.17) is 5.11 Å². The van der Waals surface area contributed by atoms with Crippen LogP contribution >= 0.6 is 15.9 Å². The van der Waals surface area contributed by atoms with Crippen LogP contribution in [0.1, 0.15) is 38.8 Å². The Morgan fingerprint density at radius 2 is 1.70 bits per heavy atom. The molecular weight excluding hydrogens is 364 g/mol. The molecule has 7 heteroatoms. The number of carboxylic acid groups (broad SMARTS) is 1. The van der Waals surface area contributed by atoms with Crippen molar-refractivity contribution in [2.45, 2.75) is 39.3 Å². The van der Waals surface area contributed by atoms with Crippen LogP contribution in [0.15, 0.2) is 28.7 Å². The van der Waals surface area contributed by atoms with Crippen LogP contribution in [0.25, 0.3) is 0 Å². The van der Waals surface area contributed by atoms with Gasteiger partial charge in [0.15, 0.2) is 0 Å². The Labute approximate surface area is 143 Å². The number of carbonyl (C=O) groups is 3. The Kier molecular flexibility index (Phi) is 7.22. The number of nitrogens with one attached hydrogen (secondary N) is 2. The van der Waals surface area contributed by atoms with E-state index in [9.17, 15) is 14.4 Å². The number of aliphatic carboxylic acids is 1. The quantitative estimate of drug-likeness (QED) is 0.671. The number of carboxylic acids is 1. The van der Waals surface area contributed by atoms with Crippen LogP contribution in [0.4, 0.5) is 0 Å². The van der Waals surface area contributed by atoms with Crippen LogP contribution in [-0.2, 0) is 14.4 Å². The molecule has 0 saturated heterocycles. The Bertz CT molecular complexity index is 572. The van der Waals surface area contributed by atoms with E-state index in [1.54, 1.807) is 26.0 Å². The zero-order valence-electron chi connectivity index (χ0n) is 13.3. The average Bonchev–Trinajstić information content (AvgIpc) is 2.43. The molecule has 0 spiro atoms. The Morgan fingerprint density at radius 3 is 2.13 bits per heavy atom. The second-order valence-corrected chi connectivity index (χ2v) is 6.55. The van der Waals surface area contributed by atoms with Gasteiger partial charge in [-0.2, -0.15) is 0 Å². The molecule has 1 aromatic rings. The summed E-state index contributed by atoms with van der Waals surface area (Å²) < 4.78 is 0.887. The fraction of sp³-hybridized carbons (Fsp3) is 0.438. The number of benzene rings is 1. The van der Waals surface area contributed by atoms with Gasteiger partial charge in [-0.05, 0) is 23.6 Å². The zero-order chi connectivity index (χ0) is 17.6. The van der Waals surface area contributed by atoms with Gasteiger partial charge in [-0.3, -0.25) is 9.59 Å². The summed E-state index contributed by atoms with van der Waals surface area (Å²) in [6.45, 7) is 4.82. The van der Waals surface area contributed by atoms with E-state index >= 15 is 0 Å². The lowest BCUT2D eigenvalue weighted by molar-refractivity contribution is -0.143. The molecule has 0 saturated carbocycles. The predicted octanol–water partition coefficient (Wildman–Crippen LogP) is 2.24. The normalized spacial score (nSPS) is 13.3. The summed E-state index contributed by atoms with van der Waals surface area (Å²) in [4.78, 5) is 34.7. The summed E-state index contributed by atoms with van der Waals surface area (Å²) in [5.74, 6) is -1.99. The predicted molar refractivity (Wildman–Crippen MR) is 89.7 cm³/mol. The highest BCUT2D eigenvalue weighted by Crippen LogP contribution is 2.20. The lowest BCUT2D eigenvalue weighted by Gasteiger charge is -2.21. The molecule has 1 rings (SSSR count). The minimum Gasteiger partial charge on any atom is -0.480 e. The van der Waals surface area contributed by atoms with Crippen molar-refractivity contribution in [3.63, 3.8) is 0 Å². The van der Waals surface area contributed by atoms with Gasteiger partial charge in [-0.1, -0.05) is 41.9 Å². The first-order valence-electron chi connectivity index (χ1n) is 7.25. The number of amides is 2. The van der Waals surface area contributed by atoms with Crippen molar-refractivity contribution in [2.75, 3.05) is 0 Å². The molecule has 1 aromatic carbocycles. The summed E-state index contributed by atoms with van der Waals surface area (Å²) in [5.41, 5.74) is 0.773. The highest BCUT2D eigenvalue weighted by atomic mass is 79.9. The van der Waals surface area contributed by atoms with Crippen LogP contribution < -0.4 is 10.6 Å². The number of hydrogen-bond acceptors (Lipinski definition) is 3. The minimum absolute atomic E-state index is 0.0300. The average molecular weight is 385 g/mol. The topological polar surface area (TPSA) is 95.5 Å². The largest absolute Gasteiger partial charge is 0.480 e. The third kappa shape index (κ3) is 6.40. The summed E-state index contributed by atoms with van der Waals surface area (Å²) in [5, 5.41) is 14.3. The number of carbonyl (C=O) groups excluding carboxylic acids is 2. The first kappa shape index (κ1) is 19.2. The monoisotopic (exact) mass is 384 g/mol. The molecule has 0 aliphatic heterocycles. The lowest BCUT2D eigenvalue weighted by atomic mass is 10.0. The Morgan fingerprint density at radius 1 is 1.13 bits per heavy atom. The molecule has 0 fully saturated rings. The van der Waals surface area contributed by atoms with E-state index in [2.05, 4.69) is 26.6 Å². The van der Waals surface area contributed by atoms with Gasteiger partial charge in [0.1, 0.15) is 6.04 Å². The van der Waals surface area contributed by atoms with E-state index in [0.29, 0.717) is 0 Å². The van der Waals surface area contributed by atoms with Crippen molar-refractivity contribution >= 4 is 33.7 Å². The lowest BCUT2D eigenvalue weighted by Crippen LogP contribution is -2.45. The summed E-state index contributed by atoms with van der Waals surface area (Å²) in [6.07, 6.45) is -0.0300. The molecule has 0 radical (unpaired) electrons. The van der Waals surface area contributed by atoms with E-state index < -0.39 is 24.0 Å². The molecule has 126 valence electrons. The molecule has 2 amide bonds. The first-order valence-corrected chi connectivity index (χ1v) is 8.04. The summed E-state index contributed by atoms with van der Waals surface area (Å²) in [6, 6.07) is 5.77. The first-order chi connectivity index (χ1) is 10.7. The maximum absolute atomic E-state index is 12.2. The van der Waals surface area contributed by atoms with Crippen LogP contribution in [-0.4, -0.2) is 28.9 Å². The van der Waals surface area contributed by atoms with Gasteiger partial charge < -0.3 is 15.7 Å². The Balaban J connectivity index is 2.84. The van der Waals surface area contributed by atoms with Crippen molar-refractivity contribution in [2.24, 2.45) is 5.92 Å². The van der Waals surface area contributed by atoms with Gasteiger partial charge in [0, 0.05) is 11.4 Å². The fourth-order valence-corrected chi connectivity index (χ4v) is 2.39. The molecule has 23 heavy (non-hydrogen) atoms. The number of rotatable bonds is 7. The van der Waals surface area contributed by atoms with E-state index in [1.165, 1.54) is 6.92 Å². The number of halogens is 1. The van der Waals surface area contributed by atoms with Crippen molar-refractivity contribution in [3.05, 3.63) is 34.3 Å². The molecule has 0 aromatic heterocycles. The van der Waals surface area contributed by atoms with Gasteiger partial charge in [-0.25, -0.2) is 4.79 Å².